The molecule has 2 aromatic heterocycles. The zero-order valence-corrected chi connectivity index (χ0v) is 23.1. The van der Waals surface area contributed by atoms with Crippen molar-refractivity contribution in [2.24, 2.45) is 5.92 Å². The molecule has 1 saturated heterocycles. The van der Waals surface area contributed by atoms with Gasteiger partial charge in [-0.25, -0.2) is 14.8 Å². The van der Waals surface area contributed by atoms with E-state index < -0.39 is 0 Å². The highest BCUT2D eigenvalue weighted by Gasteiger charge is 2.32. The minimum Gasteiger partial charge on any atom is -0.350 e. The monoisotopic (exact) mass is 529 g/mol. The average Bonchev–Trinajstić information content (AvgIpc) is 3.76. The molecule has 1 aromatic carbocycles. The summed E-state index contributed by atoms with van der Waals surface area (Å²) < 4.78 is 1.60. The number of hydrogen-bond acceptors (Lipinski definition) is 7. The summed E-state index contributed by atoms with van der Waals surface area (Å²) in [7, 11) is 0. The third-order valence-corrected chi connectivity index (χ3v) is 7.98. The predicted molar refractivity (Wildman–Crippen MR) is 153 cm³/mol. The lowest BCUT2D eigenvalue weighted by molar-refractivity contribution is -0.117. The fourth-order valence-corrected chi connectivity index (χ4v) is 5.54. The zero-order valence-electron chi connectivity index (χ0n) is 23.1. The fraction of sp³-hybridized carbons (Fsp3) is 0.500. The quantitative estimate of drug-likeness (QED) is 0.371. The number of benzene rings is 1. The van der Waals surface area contributed by atoms with Gasteiger partial charge >= 0.3 is 5.69 Å². The maximum Gasteiger partial charge on any atom is 0.349 e. The van der Waals surface area contributed by atoms with Crippen molar-refractivity contribution in [1.82, 2.24) is 29.7 Å². The molecule has 2 N–H and O–H groups in total. The van der Waals surface area contributed by atoms with Crippen LogP contribution in [0.25, 0.3) is 11.0 Å². The summed E-state index contributed by atoms with van der Waals surface area (Å²) in [5, 5.41) is 7.20. The standard InChI is InChI=1S/C30H39N7O2/c1-5-27(38)34-25-12-14-36(15-13-25)26(16-21-6-7-21)23-10-8-22(9-11-23)20(4)33-29-31-17-24-18-32-30(39)37(19(2)3)28(24)35-29/h5,8-11,17-21,25-26H,1,6-7,12-16H2,2-4H3,(H,34,38)(H,31,33,35)/t20-,26?/m0/s1. The summed E-state index contributed by atoms with van der Waals surface area (Å²) in [4.78, 5) is 39.7. The van der Waals surface area contributed by atoms with Crippen molar-refractivity contribution in [3.8, 4) is 0 Å². The second kappa shape index (κ2) is 11.7. The molecule has 1 saturated carbocycles. The van der Waals surface area contributed by atoms with E-state index in [-0.39, 0.29) is 29.7 Å². The molecule has 0 spiro atoms. The summed E-state index contributed by atoms with van der Waals surface area (Å²) in [6, 6.07) is 9.47. The van der Waals surface area contributed by atoms with E-state index >= 15 is 0 Å². The van der Waals surface area contributed by atoms with Gasteiger partial charge < -0.3 is 10.6 Å². The number of amides is 1. The van der Waals surface area contributed by atoms with Crippen molar-refractivity contribution in [3.05, 3.63) is 70.9 Å². The van der Waals surface area contributed by atoms with Gasteiger partial charge in [-0.2, -0.15) is 4.98 Å². The molecular formula is C30H39N7O2. The molecule has 206 valence electrons. The van der Waals surface area contributed by atoms with Crippen molar-refractivity contribution < 1.29 is 4.79 Å². The van der Waals surface area contributed by atoms with E-state index in [2.05, 4.69) is 68.3 Å². The van der Waals surface area contributed by atoms with E-state index in [1.807, 2.05) is 13.8 Å². The van der Waals surface area contributed by atoms with Gasteiger partial charge in [-0.05, 0) is 63.2 Å². The molecule has 5 rings (SSSR count). The smallest absolute Gasteiger partial charge is 0.349 e. The summed E-state index contributed by atoms with van der Waals surface area (Å²) in [5.74, 6) is 1.22. The Balaban J connectivity index is 1.28. The summed E-state index contributed by atoms with van der Waals surface area (Å²) in [6.07, 6.45) is 10.4. The van der Waals surface area contributed by atoms with Crippen molar-refractivity contribution >= 4 is 22.9 Å². The molecule has 0 bridgehead atoms. The highest BCUT2D eigenvalue weighted by molar-refractivity contribution is 5.87. The van der Waals surface area contributed by atoms with E-state index in [0.717, 1.165) is 42.8 Å². The Morgan fingerprint density at radius 2 is 1.72 bits per heavy atom. The maximum atomic E-state index is 12.3. The Labute approximate surface area is 229 Å². The number of anilines is 1. The molecule has 3 heterocycles. The number of aromatic nitrogens is 4. The molecule has 1 aliphatic heterocycles. The molecule has 2 atom stereocenters. The first kappa shape index (κ1) is 27.0. The van der Waals surface area contributed by atoms with E-state index in [1.54, 1.807) is 10.8 Å². The number of piperidine rings is 1. The minimum atomic E-state index is -0.308. The van der Waals surface area contributed by atoms with E-state index in [1.165, 1.54) is 37.1 Å². The Hall–Kier alpha value is -3.59. The molecule has 2 aliphatic rings. The molecule has 2 fully saturated rings. The number of carbonyl (C=O) groups excluding carboxylic acids is 1. The van der Waals surface area contributed by atoms with Crippen LogP contribution in [0.2, 0.25) is 0 Å². The largest absolute Gasteiger partial charge is 0.350 e. The van der Waals surface area contributed by atoms with Crippen LogP contribution in [-0.2, 0) is 4.79 Å². The number of rotatable bonds is 10. The zero-order chi connectivity index (χ0) is 27.5. The first-order valence-electron chi connectivity index (χ1n) is 14.1. The Kier molecular flexibility index (Phi) is 8.07. The van der Waals surface area contributed by atoms with Gasteiger partial charge in [0, 0.05) is 43.6 Å². The summed E-state index contributed by atoms with van der Waals surface area (Å²) in [5.41, 5.74) is 2.77. The molecule has 0 radical (unpaired) electrons. The molecule has 9 nitrogen and oxygen atoms in total. The van der Waals surface area contributed by atoms with Crippen LogP contribution >= 0.6 is 0 Å². The van der Waals surface area contributed by atoms with E-state index in [9.17, 15) is 9.59 Å². The van der Waals surface area contributed by atoms with Gasteiger partial charge in [-0.1, -0.05) is 43.7 Å². The number of carbonyl (C=O) groups is 1. The third kappa shape index (κ3) is 6.36. The molecule has 9 heteroatoms. The third-order valence-electron chi connectivity index (χ3n) is 7.98. The van der Waals surface area contributed by atoms with E-state index in [4.69, 9.17) is 0 Å². The summed E-state index contributed by atoms with van der Waals surface area (Å²) in [6.45, 7) is 11.5. The first-order valence-corrected chi connectivity index (χ1v) is 14.1. The SMILES string of the molecule is C=CC(=O)NC1CCN(C(CC2CC2)c2ccc([C@H](C)Nc3ncc4cnc(=O)n(C(C)C)c4n3)cc2)CC1. The Bertz CT molecular complexity index is 1370. The highest BCUT2D eigenvalue weighted by atomic mass is 16.2. The van der Waals surface area contributed by atoms with Crippen LogP contribution in [0.3, 0.4) is 0 Å². The highest BCUT2D eigenvalue weighted by Crippen LogP contribution is 2.41. The van der Waals surface area contributed by atoms with Crippen molar-refractivity contribution in [1.29, 1.82) is 0 Å². The number of hydrogen-bond donors (Lipinski definition) is 2. The maximum absolute atomic E-state index is 12.3. The second-order valence-electron chi connectivity index (χ2n) is 11.2. The van der Waals surface area contributed by atoms with Gasteiger partial charge in [0.2, 0.25) is 11.9 Å². The predicted octanol–water partition coefficient (Wildman–Crippen LogP) is 4.55. The van der Waals surface area contributed by atoms with Gasteiger partial charge in [-0.15, -0.1) is 0 Å². The van der Waals surface area contributed by atoms with Crippen LogP contribution in [0.4, 0.5) is 5.95 Å². The van der Waals surface area contributed by atoms with Crippen LogP contribution in [0.1, 0.15) is 82.1 Å². The Morgan fingerprint density at radius 1 is 1.05 bits per heavy atom. The van der Waals surface area contributed by atoms with Gasteiger partial charge in [0.15, 0.2) is 5.65 Å². The molecule has 1 unspecified atom stereocenters. The molecular weight excluding hydrogens is 490 g/mol. The number of fused-ring (bicyclic) bond motifs is 1. The first-order chi connectivity index (χ1) is 18.8. The lowest BCUT2D eigenvalue weighted by Crippen LogP contribution is -2.45. The van der Waals surface area contributed by atoms with Crippen LogP contribution in [-0.4, -0.2) is 49.5 Å². The van der Waals surface area contributed by atoms with E-state index in [0.29, 0.717) is 17.6 Å². The van der Waals surface area contributed by atoms with Gasteiger partial charge in [0.1, 0.15) is 0 Å². The lowest BCUT2D eigenvalue weighted by atomic mass is 9.94. The van der Waals surface area contributed by atoms with Crippen LogP contribution in [0.5, 0.6) is 0 Å². The molecule has 3 aromatic rings. The van der Waals surface area contributed by atoms with Gasteiger partial charge in [0.05, 0.1) is 11.4 Å². The fourth-order valence-electron chi connectivity index (χ4n) is 5.54. The number of nitrogens with zero attached hydrogens (tertiary/aromatic N) is 5. The van der Waals surface area contributed by atoms with Gasteiger partial charge in [-0.3, -0.25) is 14.3 Å². The van der Waals surface area contributed by atoms with Crippen LogP contribution in [0.15, 0.2) is 54.1 Å². The lowest BCUT2D eigenvalue weighted by Gasteiger charge is -2.38. The average molecular weight is 530 g/mol. The van der Waals surface area contributed by atoms with Gasteiger partial charge in [0.25, 0.3) is 0 Å². The van der Waals surface area contributed by atoms with Crippen molar-refractivity contribution in [2.45, 2.75) is 77.0 Å². The minimum absolute atomic E-state index is 0.0105. The van der Waals surface area contributed by atoms with Crippen LogP contribution in [0, 0.1) is 5.92 Å². The number of likely N-dealkylation sites (tertiary alicyclic amines) is 1. The topological polar surface area (TPSA) is 105 Å². The molecule has 39 heavy (non-hydrogen) atoms. The van der Waals surface area contributed by atoms with Crippen molar-refractivity contribution in [2.75, 3.05) is 18.4 Å². The van der Waals surface area contributed by atoms with Crippen molar-refractivity contribution in [3.63, 3.8) is 0 Å². The second-order valence-corrected chi connectivity index (χ2v) is 11.2. The number of nitrogens with one attached hydrogen (secondary N) is 2. The molecule has 1 amide bonds. The molecule has 1 aliphatic carbocycles. The normalized spacial score (nSPS) is 18.2. The van der Waals surface area contributed by atoms with Crippen LogP contribution < -0.4 is 16.3 Å². The Morgan fingerprint density at radius 3 is 2.36 bits per heavy atom. The summed E-state index contributed by atoms with van der Waals surface area (Å²) >= 11 is 0.